The van der Waals surface area contributed by atoms with Crippen LogP contribution in [-0.2, 0) is 27.9 Å². The number of carbonyl (C=O) groups excluding carboxylic acids is 2. The number of rotatable bonds is 61. The fourth-order valence-electron chi connectivity index (χ4n) is 9.78. The Morgan fingerprint density at radius 2 is 0.782 bits per heavy atom. The lowest BCUT2D eigenvalue weighted by molar-refractivity contribution is -0.870. The molecule has 0 aliphatic rings. The topological polar surface area (TPSA) is 114 Å². The number of quaternary nitrogens is 1. The van der Waals surface area contributed by atoms with Crippen LogP contribution in [0.5, 0.6) is 0 Å². The highest BCUT2D eigenvalue weighted by Gasteiger charge is 2.27. The van der Waals surface area contributed by atoms with E-state index in [-0.39, 0.29) is 31.5 Å². The first kappa shape index (κ1) is 76.0. The summed E-state index contributed by atoms with van der Waals surface area (Å²) in [6.07, 6.45) is 72.4. The first-order valence-corrected chi connectivity index (χ1v) is 34.9. The summed E-state index contributed by atoms with van der Waals surface area (Å²) in [6, 6.07) is -0.892. The van der Waals surface area contributed by atoms with Gasteiger partial charge in [-0.1, -0.05) is 269 Å². The third-order valence-corrected chi connectivity index (χ3v) is 15.9. The van der Waals surface area contributed by atoms with Crippen molar-refractivity contribution in [2.75, 3.05) is 40.9 Å². The summed E-state index contributed by atoms with van der Waals surface area (Å²) in [5.41, 5.74) is 0. The van der Waals surface area contributed by atoms with Crippen LogP contribution in [0.25, 0.3) is 0 Å². The number of unbranched alkanes of at least 4 members (excludes halogenated alkanes) is 39. The maximum atomic E-state index is 13.6. The van der Waals surface area contributed by atoms with Gasteiger partial charge in [-0.15, -0.1) is 0 Å². The van der Waals surface area contributed by atoms with E-state index in [1.54, 1.807) is 0 Å². The van der Waals surface area contributed by atoms with Crippen LogP contribution >= 0.6 is 7.82 Å². The molecule has 0 rings (SSSR count). The van der Waals surface area contributed by atoms with E-state index in [2.05, 4.69) is 62.5 Å². The molecule has 0 radical (unpaired) electrons. The molecule has 1 amide bonds. The number of nitrogens with zero attached hydrogens (tertiary/aromatic N) is 1. The van der Waals surface area contributed by atoms with Gasteiger partial charge in [0.25, 0.3) is 7.82 Å². The zero-order chi connectivity index (χ0) is 57.2. The quantitative estimate of drug-likeness (QED) is 0.0212. The maximum absolute atomic E-state index is 13.6. The average molecular weight is 1120 g/mol. The smallest absolute Gasteiger partial charge is 0.306 e. The number of phosphoric acid groups is 1. The molecule has 0 saturated heterocycles. The summed E-state index contributed by atoms with van der Waals surface area (Å²) < 4.78 is 30.3. The number of allylic oxidation sites excluding steroid dienone is 7. The molecule has 10 heteroatoms. The van der Waals surface area contributed by atoms with Gasteiger partial charge in [0.1, 0.15) is 19.3 Å². The number of esters is 1. The number of likely N-dealkylation sites (N-methyl/N-ethyl adjacent to an activating group) is 1. The van der Waals surface area contributed by atoms with Crippen LogP contribution in [0.4, 0.5) is 0 Å². The molecule has 0 aliphatic heterocycles. The van der Waals surface area contributed by atoms with Gasteiger partial charge in [-0.2, -0.15) is 0 Å². The minimum Gasteiger partial charge on any atom is -0.756 e. The molecular weight excluding hydrogens is 988 g/mol. The molecule has 0 heterocycles. The Kier molecular flexibility index (Phi) is 56.7. The van der Waals surface area contributed by atoms with Crippen molar-refractivity contribution in [3.63, 3.8) is 0 Å². The highest BCUT2D eigenvalue weighted by Crippen LogP contribution is 2.38. The number of phosphoric ester groups is 1. The first-order chi connectivity index (χ1) is 37.9. The van der Waals surface area contributed by atoms with Gasteiger partial charge in [0, 0.05) is 12.8 Å². The molecule has 0 fully saturated rings. The number of ether oxygens (including phenoxy) is 1. The molecule has 78 heavy (non-hydrogen) atoms. The van der Waals surface area contributed by atoms with Gasteiger partial charge in [0.15, 0.2) is 0 Å². The van der Waals surface area contributed by atoms with Crippen molar-refractivity contribution >= 4 is 19.7 Å². The van der Waals surface area contributed by atoms with Gasteiger partial charge in [-0.3, -0.25) is 14.2 Å². The van der Waals surface area contributed by atoms with E-state index in [0.29, 0.717) is 23.9 Å². The van der Waals surface area contributed by atoms with Gasteiger partial charge in [-0.25, -0.2) is 0 Å². The van der Waals surface area contributed by atoms with Crippen molar-refractivity contribution in [3.8, 4) is 0 Å². The van der Waals surface area contributed by atoms with Crippen molar-refractivity contribution in [1.82, 2.24) is 5.32 Å². The number of carbonyl (C=O) groups is 2. The van der Waals surface area contributed by atoms with E-state index < -0.39 is 20.0 Å². The second-order valence-corrected chi connectivity index (χ2v) is 25.4. The van der Waals surface area contributed by atoms with Gasteiger partial charge >= 0.3 is 5.97 Å². The molecule has 0 spiro atoms. The molecular formula is C68H129N2O7P. The standard InChI is InChI=1S/C68H129N2O7P/c1-7-10-13-16-19-22-25-27-29-30-31-32-33-34-35-36-37-38-39-40-41-42-45-48-51-54-57-60-67(71)69-65(64-76-78(73,74)75-63-62-70(4,5)6)66(59-56-53-50-47-44-24-21-18-15-12-9-3)77-68(72)61-58-55-52-49-46-43-28-26-23-20-17-14-11-8-2/h19,22,27,29,43,46,56,59,65-66H,7-18,20-21,23-26,28,30-42,44-45,47-55,57-58,60-64H2,1-6H3,(H-,69,71,73,74)/b22-19-,29-27-,46-43-,59-56-. The number of hydrogen-bond donors (Lipinski definition) is 1. The highest BCUT2D eigenvalue weighted by atomic mass is 31.2. The van der Waals surface area contributed by atoms with E-state index in [4.69, 9.17) is 13.8 Å². The Bertz CT molecular complexity index is 1470. The molecule has 9 nitrogen and oxygen atoms in total. The van der Waals surface area contributed by atoms with Gasteiger partial charge in [0.2, 0.25) is 5.91 Å². The molecule has 0 aromatic carbocycles. The Morgan fingerprint density at radius 3 is 1.21 bits per heavy atom. The van der Waals surface area contributed by atoms with Crippen LogP contribution in [0, 0.1) is 0 Å². The third kappa shape index (κ3) is 58.6. The Morgan fingerprint density at radius 1 is 0.449 bits per heavy atom. The number of nitrogens with one attached hydrogen (secondary N) is 1. The normalized spacial score (nSPS) is 13.9. The molecule has 0 aliphatic carbocycles. The molecule has 3 unspecified atom stereocenters. The second kappa shape index (κ2) is 58.2. The van der Waals surface area contributed by atoms with Gasteiger partial charge in [-0.05, 0) is 89.5 Å². The van der Waals surface area contributed by atoms with Crippen molar-refractivity contribution in [2.45, 2.75) is 335 Å². The van der Waals surface area contributed by atoms with Crippen molar-refractivity contribution in [1.29, 1.82) is 0 Å². The van der Waals surface area contributed by atoms with Gasteiger partial charge in [0.05, 0.1) is 33.8 Å². The Hall–Kier alpha value is -2.03. The summed E-state index contributed by atoms with van der Waals surface area (Å²) >= 11 is 0. The lowest BCUT2D eigenvalue weighted by atomic mass is 10.0. The zero-order valence-electron chi connectivity index (χ0n) is 52.4. The predicted molar refractivity (Wildman–Crippen MR) is 335 cm³/mol. The summed E-state index contributed by atoms with van der Waals surface area (Å²) in [4.78, 5) is 40.0. The maximum Gasteiger partial charge on any atom is 0.306 e. The van der Waals surface area contributed by atoms with Crippen LogP contribution < -0.4 is 10.2 Å². The number of hydrogen-bond acceptors (Lipinski definition) is 7. The fraction of sp³-hybridized carbons (Fsp3) is 0.853. The zero-order valence-corrected chi connectivity index (χ0v) is 53.3. The molecule has 3 atom stereocenters. The van der Waals surface area contributed by atoms with Crippen LogP contribution in [0.3, 0.4) is 0 Å². The molecule has 0 aromatic rings. The van der Waals surface area contributed by atoms with Crippen molar-refractivity contribution in [2.24, 2.45) is 0 Å². The molecule has 0 aromatic heterocycles. The summed E-state index contributed by atoms with van der Waals surface area (Å²) in [6.45, 7) is 6.83. The molecule has 1 N–H and O–H groups in total. The van der Waals surface area contributed by atoms with E-state index >= 15 is 0 Å². The van der Waals surface area contributed by atoms with Crippen molar-refractivity contribution in [3.05, 3.63) is 48.6 Å². The number of amides is 1. The van der Waals surface area contributed by atoms with E-state index in [9.17, 15) is 19.0 Å². The SMILES string of the molecule is CCCCC/C=C\C/C=C\CCCCCCCCCCCCCCCCCCCC(=O)NC(COP(=O)([O-])OCC[N+](C)(C)C)C(/C=C\CCCCCCCCCCC)OC(=O)CCCCC/C=C\CCCCCCCCC. The average Bonchev–Trinajstić information content (AvgIpc) is 3.41. The second-order valence-electron chi connectivity index (χ2n) is 24.0. The third-order valence-electron chi connectivity index (χ3n) is 15.0. The largest absolute Gasteiger partial charge is 0.756 e. The van der Waals surface area contributed by atoms with E-state index in [1.165, 1.54) is 212 Å². The van der Waals surface area contributed by atoms with E-state index in [1.807, 2.05) is 33.3 Å². The highest BCUT2D eigenvalue weighted by molar-refractivity contribution is 7.45. The minimum absolute atomic E-state index is 0.0231. The minimum atomic E-state index is -4.70. The van der Waals surface area contributed by atoms with Crippen LogP contribution in [0.2, 0.25) is 0 Å². The fourth-order valence-corrected chi connectivity index (χ4v) is 10.5. The lowest BCUT2D eigenvalue weighted by Gasteiger charge is -2.30. The molecule has 0 bridgehead atoms. The van der Waals surface area contributed by atoms with Crippen LogP contribution in [-0.4, -0.2) is 69.4 Å². The summed E-state index contributed by atoms with van der Waals surface area (Å²) in [7, 11) is 1.19. The van der Waals surface area contributed by atoms with Gasteiger partial charge < -0.3 is 28.5 Å². The Labute approximate surface area is 484 Å². The van der Waals surface area contributed by atoms with Crippen LogP contribution in [0.15, 0.2) is 48.6 Å². The van der Waals surface area contributed by atoms with E-state index in [0.717, 1.165) is 70.6 Å². The first-order valence-electron chi connectivity index (χ1n) is 33.4. The predicted octanol–water partition coefficient (Wildman–Crippen LogP) is 20.2. The Balaban J connectivity index is 4.97. The summed E-state index contributed by atoms with van der Waals surface area (Å²) in [5.74, 6) is -0.548. The van der Waals surface area contributed by atoms with Crippen molar-refractivity contribution < 1.29 is 37.3 Å². The summed E-state index contributed by atoms with van der Waals surface area (Å²) in [5, 5.41) is 3.03. The molecule has 0 saturated carbocycles. The molecule has 458 valence electrons. The monoisotopic (exact) mass is 1120 g/mol. The van der Waals surface area contributed by atoms with Crippen LogP contribution in [0.1, 0.15) is 323 Å². The lowest BCUT2D eigenvalue weighted by Crippen LogP contribution is -2.47.